The largest absolute Gasteiger partial charge is 0.399 e. The molecule has 1 aromatic rings. The minimum Gasteiger partial charge on any atom is -0.399 e. The van der Waals surface area contributed by atoms with E-state index in [4.69, 9.17) is 5.73 Å². The fraction of sp³-hybridized carbons (Fsp3) is 0.562. The Labute approximate surface area is 122 Å². The summed E-state index contributed by atoms with van der Waals surface area (Å²) in [5.74, 6) is 0.172. The number of rotatable bonds is 7. The summed E-state index contributed by atoms with van der Waals surface area (Å²) < 4.78 is 0. The summed E-state index contributed by atoms with van der Waals surface area (Å²) in [7, 11) is 0. The average Bonchev–Trinajstić information content (AvgIpc) is 2.45. The van der Waals surface area contributed by atoms with E-state index in [9.17, 15) is 4.79 Å². The van der Waals surface area contributed by atoms with Crippen LogP contribution in [0.4, 0.5) is 11.4 Å². The maximum Gasteiger partial charge on any atom is 0.244 e. The first-order valence-electron chi connectivity index (χ1n) is 7.46. The Bertz CT molecular complexity index is 429. The summed E-state index contributed by atoms with van der Waals surface area (Å²) >= 11 is 0. The van der Waals surface area contributed by atoms with Crippen molar-refractivity contribution in [2.45, 2.75) is 40.2 Å². The average molecular weight is 277 g/mol. The zero-order chi connectivity index (χ0) is 15.1. The first-order chi connectivity index (χ1) is 9.54. The van der Waals surface area contributed by atoms with E-state index in [1.54, 1.807) is 0 Å². The Kier molecular flexibility index (Phi) is 6.36. The van der Waals surface area contributed by atoms with Crippen molar-refractivity contribution in [1.29, 1.82) is 0 Å². The fourth-order valence-electron chi connectivity index (χ4n) is 2.42. The first-order valence-corrected chi connectivity index (χ1v) is 7.46. The van der Waals surface area contributed by atoms with Crippen LogP contribution in [0.5, 0.6) is 0 Å². The van der Waals surface area contributed by atoms with E-state index >= 15 is 0 Å². The number of hydrogen-bond donors (Lipinski definition) is 1. The van der Waals surface area contributed by atoms with Crippen molar-refractivity contribution in [3.8, 4) is 0 Å². The summed E-state index contributed by atoms with van der Waals surface area (Å²) in [5.41, 5.74) is 7.60. The van der Waals surface area contributed by atoms with Crippen LogP contribution in [0.2, 0.25) is 0 Å². The van der Waals surface area contributed by atoms with Gasteiger partial charge in [0, 0.05) is 31.0 Å². The molecule has 4 heteroatoms. The molecule has 0 aromatic heterocycles. The molecule has 112 valence electrons. The minimum absolute atomic E-state index is 0.170. The Morgan fingerprint density at radius 1 is 1.25 bits per heavy atom. The van der Waals surface area contributed by atoms with Crippen molar-refractivity contribution in [1.82, 2.24) is 4.90 Å². The number of nitrogens with two attached hydrogens (primary N) is 1. The Morgan fingerprint density at radius 2 is 1.90 bits per heavy atom. The highest BCUT2D eigenvalue weighted by Gasteiger charge is 2.24. The maximum atomic E-state index is 12.5. The van der Waals surface area contributed by atoms with E-state index < -0.39 is 0 Å². The summed E-state index contributed by atoms with van der Waals surface area (Å²) in [6.07, 6.45) is 0.991. The first kappa shape index (κ1) is 16.3. The molecule has 1 amide bonds. The van der Waals surface area contributed by atoms with Crippen molar-refractivity contribution < 1.29 is 4.79 Å². The molecule has 0 saturated heterocycles. The number of hydrogen-bond acceptors (Lipinski definition) is 3. The van der Waals surface area contributed by atoms with Crippen molar-refractivity contribution >= 4 is 17.3 Å². The molecule has 4 nitrogen and oxygen atoms in total. The molecule has 0 aliphatic heterocycles. The van der Waals surface area contributed by atoms with Gasteiger partial charge in [0.2, 0.25) is 5.91 Å². The van der Waals surface area contributed by atoms with Crippen molar-refractivity contribution in [3.63, 3.8) is 0 Å². The standard InChI is InChI=1S/C16H27N3O/c1-5-11-19(15-10-8-9-14(17)12-15)13(4)16(20)18(6-2)7-3/h8-10,12-13H,5-7,11,17H2,1-4H3. The number of benzene rings is 1. The smallest absolute Gasteiger partial charge is 0.244 e. The maximum absolute atomic E-state index is 12.5. The van der Waals surface area contributed by atoms with Gasteiger partial charge < -0.3 is 15.5 Å². The number of likely N-dealkylation sites (N-methyl/N-ethyl adjacent to an activating group) is 1. The predicted molar refractivity (Wildman–Crippen MR) is 85.9 cm³/mol. The number of carbonyl (C=O) groups excluding carboxylic acids is 1. The van der Waals surface area contributed by atoms with Gasteiger partial charge in [0.05, 0.1) is 0 Å². The highest BCUT2D eigenvalue weighted by atomic mass is 16.2. The molecule has 0 fully saturated rings. The van der Waals surface area contributed by atoms with Gasteiger partial charge in [-0.2, -0.15) is 0 Å². The molecule has 20 heavy (non-hydrogen) atoms. The second kappa shape index (κ2) is 7.78. The van der Waals surface area contributed by atoms with Crippen LogP contribution in [-0.4, -0.2) is 36.5 Å². The Morgan fingerprint density at radius 3 is 2.40 bits per heavy atom. The van der Waals surface area contributed by atoms with Crippen molar-refractivity contribution in [2.24, 2.45) is 0 Å². The number of anilines is 2. The number of nitrogens with zero attached hydrogens (tertiary/aromatic N) is 2. The van der Waals surface area contributed by atoms with Crippen LogP contribution in [0.15, 0.2) is 24.3 Å². The molecule has 0 aliphatic rings. The molecule has 2 N–H and O–H groups in total. The lowest BCUT2D eigenvalue weighted by molar-refractivity contribution is -0.131. The molecule has 0 saturated carbocycles. The second-order valence-corrected chi connectivity index (χ2v) is 4.97. The summed E-state index contributed by atoms with van der Waals surface area (Å²) in [6.45, 7) is 10.5. The van der Waals surface area contributed by atoms with Gasteiger partial charge in [-0.25, -0.2) is 0 Å². The molecule has 1 aromatic carbocycles. The predicted octanol–water partition coefficient (Wildman–Crippen LogP) is 2.74. The van der Waals surface area contributed by atoms with Gasteiger partial charge in [0.15, 0.2) is 0 Å². The van der Waals surface area contributed by atoms with Gasteiger partial charge in [-0.3, -0.25) is 4.79 Å². The number of carbonyl (C=O) groups is 1. The highest BCUT2D eigenvalue weighted by Crippen LogP contribution is 2.21. The van der Waals surface area contributed by atoms with E-state index in [0.717, 1.165) is 37.4 Å². The van der Waals surface area contributed by atoms with E-state index in [1.165, 1.54) is 0 Å². The minimum atomic E-state index is -0.170. The third-order valence-electron chi connectivity index (χ3n) is 3.57. The van der Waals surface area contributed by atoms with E-state index in [2.05, 4.69) is 11.8 Å². The molecular formula is C16H27N3O. The van der Waals surface area contributed by atoms with E-state index in [0.29, 0.717) is 0 Å². The Hall–Kier alpha value is -1.71. The Balaban J connectivity index is 2.98. The highest BCUT2D eigenvalue weighted by molar-refractivity contribution is 5.85. The molecule has 0 radical (unpaired) electrons. The normalized spacial score (nSPS) is 12.0. The van der Waals surface area contributed by atoms with Crippen molar-refractivity contribution in [2.75, 3.05) is 30.3 Å². The van der Waals surface area contributed by atoms with Crippen LogP contribution in [0.25, 0.3) is 0 Å². The van der Waals surface area contributed by atoms with Gasteiger partial charge in [-0.15, -0.1) is 0 Å². The molecular weight excluding hydrogens is 250 g/mol. The van der Waals surface area contributed by atoms with Crippen LogP contribution in [0.3, 0.4) is 0 Å². The molecule has 0 heterocycles. The van der Waals surface area contributed by atoms with Crippen LogP contribution >= 0.6 is 0 Å². The summed E-state index contributed by atoms with van der Waals surface area (Å²) in [6, 6.07) is 7.57. The van der Waals surface area contributed by atoms with Crippen LogP contribution in [0, 0.1) is 0 Å². The summed E-state index contributed by atoms with van der Waals surface area (Å²) in [5, 5.41) is 0. The van der Waals surface area contributed by atoms with Gasteiger partial charge >= 0.3 is 0 Å². The van der Waals surface area contributed by atoms with E-state index in [1.807, 2.05) is 49.9 Å². The molecule has 0 aliphatic carbocycles. The lowest BCUT2D eigenvalue weighted by Crippen LogP contribution is -2.47. The van der Waals surface area contributed by atoms with Crippen molar-refractivity contribution in [3.05, 3.63) is 24.3 Å². The zero-order valence-electron chi connectivity index (χ0n) is 13.1. The van der Waals surface area contributed by atoms with Gasteiger partial charge in [0.25, 0.3) is 0 Å². The quantitative estimate of drug-likeness (QED) is 0.780. The molecule has 1 rings (SSSR count). The summed E-state index contributed by atoms with van der Waals surface area (Å²) in [4.78, 5) is 16.5. The third kappa shape index (κ3) is 3.89. The third-order valence-corrected chi connectivity index (χ3v) is 3.57. The second-order valence-electron chi connectivity index (χ2n) is 4.97. The fourth-order valence-corrected chi connectivity index (χ4v) is 2.42. The molecule has 0 bridgehead atoms. The molecule has 1 unspecified atom stereocenters. The van der Waals surface area contributed by atoms with Gasteiger partial charge in [-0.1, -0.05) is 13.0 Å². The molecule has 1 atom stereocenters. The monoisotopic (exact) mass is 277 g/mol. The molecule has 0 spiro atoms. The van der Waals surface area contributed by atoms with Crippen LogP contribution < -0.4 is 10.6 Å². The van der Waals surface area contributed by atoms with E-state index in [-0.39, 0.29) is 11.9 Å². The SMILES string of the molecule is CCCN(c1cccc(N)c1)C(C)C(=O)N(CC)CC. The lowest BCUT2D eigenvalue weighted by Gasteiger charge is -2.33. The van der Waals surface area contributed by atoms with Gasteiger partial charge in [-0.05, 0) is 45.4 Å². The van der Waals surface area contributed by atoms with Crippen LogP contribution in [-0.2, 0) is 4.79 Å². The number of nitrogen functional groups attached to an aromatic ring is 1. The number of amides is 1. The zero-order valence-corrected chi connectivity index (χ0v) is 13.1. The van der Waals surface area contributed by atoms with Crippen LogP contribution in [0.1, 0.15) is 34.1 Å². The topological polar surface area (TPSA) is 49.6 Å². The lowest BCUT2D eigenvalue weighted by atomic mass is 10.1. The van der Waals surface area contributed by atoms with Gasteiger partial charge in [0.1, 0.15) is 6.04 Å².